The summed E-state index contributed by atoms with van der Waals surface area (Å²) in [6, 6.07) is 7.23. The summed E-state index contributed by atoms with van der Waals surface area (Å²) in [5, 5.41) is 2.71. The smallest absolute Gasteiger partial charge is 0.407 e. The fraction of sp³-hybridized carbons (Fsp3) is 0.462. The Labute approximate surface area is 107 Å². The molecule has 1 aromatic carbocycles. The minimum Gasteiger partial charge on any atom is -0.494 e. The largest absolute Gasteiger partial charge is 0.494 e. The fourth-order valence-electron chi connectivity index (χ4n) is 1.58. The van der Waals surface area contributed by atoms with E-state index in [9.17, 15) is 4.79 Å². The number of alkyl carbamates (subject to hydrolysis) is 1. The summed E-state index contributed by atoms with van der Waals surface area (Å²) in [7, 11) is 0. The molecule has 0 aliphatic rings. The molecule has 0 spiro atoms. The zero-order valence-corrected chi connectivity index (χ0v) is 10.8. The molecule has 0 fully saturated rings. The second-order valence-electron chi connectivity index (χ2n) is 3.66. The van der Waals surface area contributed by atoms with Gasteiger partial charge in [-0.3, -0.25) is 0 Å². The zero-order valence-electron chi connectivity index (χ0n) is 10.8. The van der Waals surface area contributed by atoms with Gasteiger partial charge in [-0.15, -0.1) is 0 Å². The molecular formula is C13H20N2O3. The first-order valence-electron chi connectivity index (χ1n) is 6.07. The number of ether oxygens (including phenoxy) is 2. The van der Waals surface area contributed by atoms with Crippen molar-refractivity contribution in [2.24, 2.45) is 5.73 Å². The van der Waals surface area contributed by atoms with Crippen molar-refractivity contribution in [1.29, 1.82) is 0 Å². The normalized spacial score (nSPS) is 11.7. The van der Waals surface area contributed by atoms with Gasteiger partial charge in [-0.05, 0) is 31.5 Å². The molecule has 3 N–H and O–H groups in total. The quantitative estimate of drug-likeness (QED) is 0.810. The molecule has 1 aromatic rings. The Kier molecular flexibility index (Phi) is 6.00. The van der Waals surface area contributed by atoms with E-state index in [1.54, 1.807) is 6.92 Å². The molecule has 1 unspecified atom stereocenters. The van der Waals surface area contributed by atoms with Gasteiger partial charge in [0.2, 0.25) is 0 Å². The van der Waals surface area contributed by atoms with E-state index in [1.807, 2.05) is 31.2 Å². The monoisotopic (exact) mass is 252 g/mol. The summed E-state index contributed by atoms with van der Waals surface area (Å²) in [6.45, 7) is 4.91. The highest BCUT2D eigenvalue weighted by Crippen LogP contribution is 2.19. The first kappa shape index (κ1) is 14.3. The molecule has 0 bridgehead atoms. The lowest BCUT2D eigenvalue weighted by atomic mass is 10.1. The SMILES string of the molecule is CCOC(=O)NC(CN)c1cccc(OCC)c1. The van der Waals surface area contributed by atoms with E-state index in [-0.39, 0.29) is 6.04 Å². The van der Waals surface area contributed by atoms with Gasteiger partial charge in [0.05, 0.1) is 19.3 Å². The molecule has 0 saturated heterocycles. The minimum absolute atomic E-state index is 0.274. The average molecular weight is 252 g/mol. The van der Waals surface area contributed by atoms with Crippen LogP contribution in [0.3, 0.4) is 0 Å². The third-order valence-corrected chi connectivity index (χ3v) is 2.37. The predicted octanol–water partition coefficient (Wildman–Crippen LogP) is 1.83. The molecule has 5 heteroatoms. The predicted molar refractivity (Wildman–Crippen MR) is 69.6 cm³/mol. The van der Waals surface area contributed by atoms with Crippen molar-refractivity contribution in [3.63, 3.8) is 0 Å². The van der Waals surface area contributed by atoms with E-state index in [4.69, 9.17) is 15.2 Å². The molecule has 0 heterocycles. The van der Waals surface area contributed by atoms with Gasteiger partial charge in [0.25, 0.3) is 0 Å². The number of nitrogens with one attached hydrogen (secondary N) is 1. The number of benzene rings is 1. The van der Waals surface area contributed by atoms with Crippen molar-refractivity contribution >= 4 is 6.09 Å². The second kappa shape index (κ2) is 7.55. The molecule has 1 atom stereocenters. The Bertz CT molecular complexity index is 382. The van der Waals surface area contributed by atoms with Crippen LogP contribution in [0.15, 0.2) is 24.3 Å². The van der Waals surface area contributed by atoms with Crippen molar-refractivity contribution < 1.29 is 14.3 Å². The summed E-state index contributed by atoms with van der Waals surface area (Å²) < 4.78 is 10.2. The molecule has 18 heavy (non-hydrogen) atoms. The van der Waals surface area contributed by atoms with E-state index in [2.05, 4.69) is 5.32 Å². The number of rotatable bonds is 6. The lowest BCUT2D eigenvalue weighted by Crippen LogP contribution is -2.33. The van der Waals surface area contributed by atoms with Crippen LogP contribution in [0.2, 0.25) is 0 Å². The molecule has 0 saturated carbocycles. The van der Waals surface area contributed by atoms with Gasteiger partial charge < -0.3 is 20.5 Å². The molecule has 1 rings (SSSR count). The number of hydrogen-bond acceptors (Lipinski definition) is 4. The number of hydrogen-bond donors (Lipinski definition) is 2. The van der Waals surface area contributed by atoms with Crippen molar-refractivity contribution in [1.82, 2.24) is 5.32 Å². The molecule has 0 aliphatic carbocycles. The third kappa shape index (κ3) is 4.25. The Hall–Kier alpha value is -1.75. The van der Waals surface area contributed by atoms with Gasteiger partial charge in [0.15, 0.2) is 0 Å². The van der Waals surface area contributed by atoms with Crippen molar-refractivity contribution in [3.8, 4) is 5.75 Å². The van der Waals surface area contributed by atoms with Gasteiger partial charge in [-0.2, -0.15) is 0 Å². The highest BCUT2D eigenvalue weighted by molar-refractivity contribution is 5.68. The maximum Gasteiger partial charge on any atom is 0.407 e. The van der Waals surface area contributed by atoms with Crippen LogP contribution in [0.1, 0.15) is 25.5 Å². The van der Waals surface area contributed by atoms with E-state index in [0.29, 0.717) is 19.8 Å². The van der Waals surface area contributed by atoms with Crippen LogP contribution in [0.4, 0.5) is 4.79 Å². The van der Waals surface area contributed by atoms with E-state index in [1.165, 1.54) is 0 Å². The van der Waals surface area contributed by atoms with Crippen LogP contribution < -0.4 is 15.8 Å². The number of carbonyl (C=O) groups excluding carboxylic acids is 1. The van der Waals surface area contributed by atoms with Gasteiger partial charge >= 0.3 is 6.09 Å². The summed E-state index contributed by atoms with van der Waals surface area (Å²) in [5.41, 5.74) is 6.56. The first-order valence-corrected chi connectivity index (χ1v) is 6.07. The van der Waals surface area contributed by atoms with Crippen molar-refractivity contribution in [3.05, 3.63) is 29.8 Å². The van der Waals surface area contributed by atoms with E-state index < -0.39 is 6.09 Å². The van der Waals surface area contributed by atoms with Crippen LogP contribution in [-0.2, 0) is 4.74 Å². The fourth-order valence-corrected chi connectivity index (χ4v) is 1.58. The third-order valence-electron chi connectivity index (χ3n) is 2.37. The molecular weight excluding hydrogens is 232 g/mol. The highest BCUT2D eigenvalue weighted by Gasteiger charge is 2.13. The van der Waals surface area contributed by atoms with Crippen LogP contribution in [0.25, 0.3) is 0 Å². The van der Waals surface area contributed by atoms with Crippen LogP contribution in [-0.4, -0.2) is 25.9 Å². The summed E-state index contributed by atoms with van der Waals surface area (Å²) >= 11 is 0. The molecule has 0 aliphatic heterocycles. The molecule has 0 radical (unpaired) electrons. The van der Waals surface area contributed by atoms with Crippen LogP contribution in [0.5, 0.6) is 5.75 Å². The number of nitrogens with two attached hydrogens (primary N) is 1. The number of amides is 1. The standard InChI is InChI=1S/C13H20N2O3/c1-3-17-11-7-5-6-10(8-11)12(9-14)15-13(16)18-4-2/h5-8,12H,3-4,9,14H2,1-2H3,(H,15,16). The van der Waals surface area contributed by atoms with Gasteiger partial charge in [0.1, 0.15) is 5.75 Å². The maximum atomic E-state index is 11.4. The summed E-state index contributed by atoms with van der Waals surface area (Å²) in [6.07, 6.45) is -0.463. The van der Waals surface area contributed by atoms with Crippen LogP contribution in [0, 0.1) is 0 Å². The highest BCUT2D eigenvalue weighted by atomic mass is 16.5. The van der Waals surface area contributed by atoms with Crippen molar-refractivity contribution in [2.45, 2.75) is 19.9 Å². The summed E-state index contributed by atoms with van der Waals surface area (Å²) in [4.78, 5) is 11.4. The Morgan fingerprint density at radius 3 is 2.78 bits per heavy atom. The molecule has 100 valence electrons. The molecule has 1 amide bonds. The average Bonchev–Trinajstić information content (AvgIpc) is 2.37. The zero-order chi connectivity index (χ0) is 13.4. The van der Waals surface area contributed by atoms with Gasteiger partial charge in [0, 0.05) is 6.54 Å². The Morgan fingerprint density at radius 2 is 2.17 bits per heavy atom. The second-order valence-corrected chi connectivity index (χ2v) is 3.66. The summed E-state index contributed by atoms with van der Waals surface area (Å²) in [5.74, 6) is 0.763. The first-order chi connectivity index (χ1) is 8.71. The van der Waals surface area contributed by atoms with Gasteiger partial charge in [-0.1, -0.05) is 12.1 Å². The lowest BCUT2D eigenvalue weighted by Gasteiger charge is -2.17. The maximum absolute atomic E-state index is 11.4. The van der Waals surface area contributed by atoms with E-state index >= 15 is 0 Å². The topological polar surface area (TPSA) is 73.6 Å². The Balaban J connectivity index is 2.74. The lowest BCUT2D eigenvalue weighted by molar-refractivity contribution is 0.148. The van der Waals surface area contributed by atoms with E-state index in [0.717, 1.165) is 11.3 Å². The molecule has 0 aromatic heterocycles. The van der Waals surface area contributed by atoms with Crippen LogP contribution >= 0.6 is 0 Å². The minimum atomic E-state index is -0.463. The van der Waals surface area contributed by atoms with Gasteiger partial charge in [-0.25, -0.2) is 4.79 Å². The molecule has 5 nitrogen and oxygen atoms in total. The van der Waals surface area contributed by atoms with Crippen molar-refractivity contribution in [2.75, 3.05) is 19.8 Å². The Morgan fingerprint density at radius 1 is 1.39 bits per heavy atom. The number of carbonyl (C=O) groups is 1.